The minimum atomic E-state index is -3.58. The fraction of sp³-hybridized carbons (Fsp3) is 0.286. The van der Waals surface area contributed by atoms with Crippen molar-refractivity contribution in [3.05, 3.63) is 64.7 Å². The van der Waals surface area contributed by atoms with Gasteiger partial charge in [-0.3, -0.25) is 9.78 Å². The van der Waals surface area contributed by atoms with Gasteiger partial charge in [-0.1, -0.05) is 6.07 Å². The summed E-state index contributed by atoms with van der Waals surface area (Å²) in [5.41, 5.74) is 2.30. The van der Waals surface area contributed by atoms with Crippen LogP contribution in [0, 0.1) is 0 Å². The van der Waals surface area contributed by atoms with Gasteiger partial charge in [-0.05, 0) is 49.6 Å². The summed E-state index contributed by atoms with van der Waals surface area (Å²) in [6, 6.07) is 10.0. The van der Waals surface area contributed by atoms with Crippen LogP contribution in [0.15, 0.2) is 59.1 Å². The molecule has 156 valence electrons. The number of thiazole rings is 1. The summed E-state index contributed by atoms with van der Waals surface area (Å²) < 4.78 is 27.3. The molecule has 0 atom stereocenters. The summed E-state index contributed by atoms with van der Waals surface area (Å²) in [5.74, 6) is -0.282. The lowest BCUT2D eigenvalue weighted by Crippen LogP contribution is -2.27. The number of amides is 1. The highest BCUT2D eigenvalue weighted by atomic mass is 32.2. The number of sulfonamides is 1. The summed E-state index contributed by atoms with van der Waals surface area (Å²) in [4.78, 5) is 21.2. The van der Waals surface area contributed by atoms with Crippen molar-refractivity contribution in [3.8, 4) is 11.3 Å². The molecule has 0 bridgehead atoms. The predicted molar refractivity (Wildman–Crippen MR) is 116 cm³/mol. The highest BCUT2D eigenvalue weighted by Gasteiger charge is 2.28. The van der Waals surface area contributed by atoms with Crippen molar-refractivity contribution in [2.45, 2.75) is 36.6 Å². The summed E-state index contributed by atoms with van der Waals surface area (Å²) in [6.45, 7) is 0.486. The number of aryl methyl sites for hydroxylation is 1. The molecule has 1 amide bonds. The smallest absolute Gasteiger partial charge is 0.251 e. The molecule has 1 aliphatic rings. The minimum absolute atomic E-state index is 0.0254. The Hall–Kier alpha value is -2.62. The maximum absolute atomic E-state index is 12.4. The topological polar surface area (TPSA) is 101 Å². The molecule has 2 heterocycles. The first kappa shape index (κ1) is 20.6. The van der Waals surface area contributed by atoms with Gasteiger partial charge in [0.15, 0.2) is 0 Å². The molecule has 0 aliphatic heterocycles. The number of hydrogen-bond acceptors (Lipinski definition) is 6. The molecular weight excluding hydrogens is 420 g/mol. The predicted octanol–water partition coefficient (Wildman–Crippen LogP) is 3.01. The standard InChI is InChI=1S/C21H22N4O3S2/c26-21(16-3-1-4-18(13-16)30(27,28)25-17-6-7-17)23-10-2-5-20-24-19(14-29-20)15-8-11-22-12-9-15/h1,3-4,8-9,11-14,17,25H,2,5-7,10H2,(H,23,26). The van der Waals surface area contributed by atoms with Gasteiger partial charge in [-0.25, -0.2) is 18.1 Å². The normalized spacial score (nSPS) is 13.9. The van der Waals surface area contributed by atoms with Crippen LogP contribution >= 0.6 is 11.3 Å². The lowest BCUT2D eigenvalue weighted by Gasteiger charge is -2.08. The monoisotopic (exact) mass is 442 g/mol. The Balaban J connectivity index is 1.28. The van der Waals surface area contributed by atoms with Crippen LogP contribution in [0.5, 0.6) is 0 Å². The average molecular weight is 443 g/mol. The Bertz CT molecular complexity index is 1130. The number of pyridine rings is 1. The average Bonchev–Trinajstić information content (AvgIpc) is 3.44. The number of carbonyl (C=O) groups excluding carboxylic acids is 1. The van der Waals surface area contributed by atoms with E-state index in [0.29, 0.717) is 12.1 Å². The van der Waals surface area contributed by atoms with Gasteiger partial charge >= 0.3 is 0 Å². The summed E-state index contributed by atoms with van der Waals surface area (Å²) in [6.07, 6.45) is 6.72. The fourth-order valence-corrected chi connectivity index (χ4v) is 5.12. The maximum Gasteiger partial charge on any atom is 0.251 e. The van der Waals surface area contributed by atoms with Crippen molar-refractivity contribution in [3.63, 3.8) is 0 Å². The van der Waals surface area contributed by atoms with Crippen molar-refractivity contribution in [2.24, 2.45) is 0 Å². The Morgan fingerprint density at radius 3 is 2.73 bits per heavy atom. The van der Waals surface area contributed by atoms with E-state index in [-0.39, 0.29) is 16.8 Å². The Labute approximate surface area is 179 Å². The molecule has 0 saturated heterocycles. The van der Waals surface area contributed by atoms with Crippen molar-refractivity contribution < 1.29 is 13.2 Å². The number of nitrogens with one attached hydrogen (secondary N) is 2. The Morgan fingerprint density at radius 1 is 1.17 bits per heavy atom. The molecule has 1 aliphatic carbocycles. The van der Waals surface area contributed by atoms with Crippen LogP contribution in [0.3, 0.4) is 0 Å². The number of nitrogens with zero attached hydrogens (tertiary/aromatic N) is 2. The van der Waals surface area contributed by atoms with Gasteiger partial charge in [-0.2, -0.15) is 0 Å². The van der Waals surface area contributed by atoms with Crippen LogP contribution in [0.4, 0.5) is 0 Å². The van der Waals surface area contributed by atoms with Crippen LogP contribution in [-0.4, -0.2) is 36.9 Å². The molecule has 3 aromatic rings. The molecule has 9 heteroatoms. The zero-order chi connectivity index (χ0) is 21.0. The van der Waals surface area contributed by atoms with Gasteiger partial charge in [0.05, 0.1) is 15.6 Å². The largest absolute Gasteiger partial charge is 0.352 e. The number of rotatable bonds is 9. The summed E-state index contributed by atoms with van der Waals surface area (Å²) >= 11 is 1.60. The van der Waals surface area contributed by atoms with E-state index in [1.54, 1.807) is 35.9 Å². The zero-order valence-corrected chi connectivity index (χ0v) is 17.9. The maximum atomic E-state index is 12.4. The van der Waals surface area contributed by atoms with Crippen LogP contribution in [-0.2, 0) is 16.4 Å². The van der Waals surface area contributed by atoms with Gasteiger partial charge in [0.1, 0.15) is 0 Å². The van der Waals surface area contributed by atoms with E-state index < -0.39 is 10.0 Å². The first-order valence-electron chi connectivity index (χ1n) is 9.77. The highest BCUT2D eigenvalue weighted by molar-refractivity contribution is 7.89. The molecule has 0 radical (unpaired) electrons. The SMILES string of the molecule is O=C(NCCCc1nc(-c2ccncc2)cs1)c1cccc(S(=O)(=O)NC2CC2)c1. The quantitative estimate of drug-likeness (QED) is 0.496. The second-order valence-corrected chi connectivity index (χ2v) is 9.80. The third kappa shape index (κ3) is 5.29. The van der Waals surface area contributed by atoms with E-state index in [1.807, 2.05) is 17.5 Å². The lowest BCUT2D eigenvalue weighted by atomic mass is 10.2. The second kappa shape index (κ2) is 9.03. The zero-order valence-electron chi connectivity index (χ0n) is 16.2. The number of carbonyl (C=O) groups is 1. The van der Waals surface area contributed by atoms with E-state index in [0.717, 1.165) is 41.9 Å². The van der Waals surface area contributed by atoms with E-state index in [9.17, 15) is 13.2 Å². The molecule has 7 nitrogen and oxygen atoms in total. The van der Waals surface area contributed by atoms with Crippen LogP contribution in [0.1, 0.15) is 34.6 Å². The molecule has 2 N–H and O–H groups in total. The second-order valence-electron chi connectivity index (χ2n) is 7.15. The first-order valence-corrected chi connectivity index (χ1v) is 12.1. The highest BCUT2D eigenvalue weighted by Crippen LogP contribution is 2.23. The van der Waals surface area contributed by atoms with E-state index in [1.165, 1.54) is 12.1 Å². The Morgan fingerprint density at radius 2 is 1.97 bits per heavy atom. The molecule has 30 heavy (non-hydrogen) atoms. The summed E-state index contributed by atoms with van der Waals surface area (Å²) in [5, 5.41) is 5.88. The molecule has 1 aromatic carbocycles. The molecule has 0 unspecified atom stereocenters. The Kier molecular flexibility index (Phi) is 6.21. The molecule has 1 fully saturated rings. The number of aromatic nitrogens is 2. The van der Waals surface area contributed by atoms with Gasteiger partial charge in [0, 0.05) is 47.9 Å². The van der Waals surface area contributed by atoms with Crippen LogP contribution in [0.2, 0.25) is 0 Å². The molecule has 1 saturated carbocycles. The van der Waals surface area contributed by atoms with Crippen molar-refractivity contribution in [1.82, 2.24) is 20.0 Å². The summed E-state index contributed by atoms with van der Waals surface area (Å²) in [7, 11) is -3.58. The van der Waals surface area contributed by atoms with Crippen LogP contribution < -0.4 is 10.0 Å². The molecule has 4 rings (SSSR count). The first-order chi connectivity index (χ1) is 14.5. The third-order valence-electron chi connectivity index (χ3n) is 4.69. The van der Waals surface area contributed by atoms with Crippen molar-refractivity contribution in [1.29, 1.82) is 0 Å². The van der Waals surface area contributed by atoms with Crippen molar-refractivity contribution >= 4 is 27.3 Å². The van der Waals surface area contributed by atoms with Gasteiger partial charge in [0.25, 0.3) is 5.91 Å². The minimum Gasteiger partial charge on any atom is -0.352 e. The van der Waals surface area contributed by atoms with Gasteiger partial charge in [0.2, 0.25) is 10.0 Å². The molecular formula is C21H22N4O3S2. The van der Waals surface area contributed by atoms with E-state index >= 15 is 0 Å². The fourth-order valence-electron chi connectivity index (χ4n) is 2.92. The number of hydrogen-bond donors (Lipinski definition) is 2. The van der Waals surface area contributed by atoms with Gasteiger partial charge < -0.3 is 5.32 Å². The van der Waals surface area contributed by atoms with Crippen molar-refractivity contribution in [2.75, 3.05) is 6.54 Å². The van der Waals surface area contributed by atoms with E-state index in [4.69, 9.17) is 0 Å². The molecule has 2 aromatic heterocycles. The van der Waals surface area contributed by atoms with Gasteiger partial charge in [-0.15, -0.1) is 11.3 Å². The third-order valence-corrected chi connectivity index (χ3v) is 7.11. The van der Waals surface area contributed by atoms with E-state index in [2.05, 4.69) is 20.0 Å². The molecule has 0 spiro atoms. The lowest BCUT2D eigenvalue weighted by molar-refractivity contribution is 0.0953. The van der Waals surface area contributed by atoms with Crippen LogP contribution in [0.25, 0.3) is 11.3 Å². The number of benzene rings is 1.